The number of hydrogen-bond acceptors (Lipinski definition) is 7. The molecule has 1 unspecified atom stereocenters. The molecule has 3 heterocycles. The fourth-order valence-electron chi connectivity index (χ4n) is 6.01. The van der Waals surface area contributed by atoms with Gasteiger partial charge in [-0.1, -0.05) is 42.5 Å². The zero-order valence-electron chi connectivity index (χ0n) is 23.9. The Balaban J connectivity index is 1.16. The maximum Gasteiger partial charge on any atom is 0.255 e. The minimum Gasteiger partial charge on any atom is -0.380 e. The van der Waals surface area contributed by atoms with Crippen LogP contribution in [0.4, 0.5) is 0 Å². The Labute approximate surface area is 246 Å². The molecule has 218 valence electrons. The van der Waals surface area contributed by atoms with Crippen molar-refractivity contribution in [1.82, 2.24) is 20.1 Å². The lowest BCUT2D eigenvalue weighted by molar-refractivity contribution is -0.153. The molecule has 0 bridgehead atoms. The molecule has 1 aromatic heterocycles. The van der Waals surface area contributed by atoms with Gasteiger partial charge in [-0.15, -0.1) is 11.3 Å². The summed E-state index contributed by atoms with van der Waals surface area (Å²) in [4.78, 5) is 34.6. The van der Waals surface area contributed by atoms with Gasteiger partial charge >= 0.3 is 0 Å². The molecule has 8 nitrogen and oxygen atoms in total. The third kappa shape index (κ3) is 7.04. The number of aryl methyl sites for hydroxylation is 2. The van der Waals surface area contributed by atoms with Gasteiger partial charge in [0.2, 0.25) is 0 Å². The van der Waals surface area contributed by atoms with Crippen LogP contribution in [0.5, 0.6) is 0 Å². The lowest BCUT2D eigenvalue weighted by atomic mass is 9.99. The van der Waals surface area contributed by atoms with Crippen LogP contribution < -0.4 is 5.32 Å². The highest BCUT2D eigenvalue weighted by Crippen LogP contribution is 2.33. The third-order valence-electron chi connectivity index (χ3n) is 8.31. The Bertz CT molecular complexity index is 1350. The van der Waals surface area contributed by atoms with Gasteiger partial charge in [0.05, 0.1) is 18.3 Å². The van der Waals surface area contributed by atoms with E-state index in [9.17, 15) is 19.8 Å². The van der Waals surface area contributed by atoms with Crippen molar-refractivity contribution < 1.29 is 19.8 Å². The molecule has 2 aromatic carbocycles. The van der Waals surface area contributed by atoms with Crippen LogP contribution in [0, 0.1) is 13.8 Å². The predicted octanol–water partition coefficient (Wildman–Crippen LogP) is 3.65. The maximum absolute atomic E-state index is 13.3. The van der Waals surface area contributed by atoms with Crippen LogP contribution in [0.3, 0.4) is 0 Å². The van der Waals surface area contributed by atoms with E-state index < -0.39 is 24.0 Å². The third-order valence-corrected chi connectivity index (χ3v) is 9.21. The number of nitrogens with zero attached hydrogens (tertiary/aromatic N) is 3. The number of aliphatic hydroxyl groups excluding tert-OH is 2. The number of rotatable bonds is 10. The molecular weight excluding hydrogens is 536 g/mol. The largest absolute Gasteiger partial charge is 0.380 e. The zero-order chi connectivity index (χ0) is 28.9. The fourth-order valence-corrected chi connectivity index (χ4v) is 6.74. The second-order valence-corrected chi connectivity index (χ2v) is 12.2. The summed E-state index contributed by atoms with van der Waals surface area (Å²) >= 11 is 1.43. The van der Waals surface area contributed by atoms with E-state index in [1.807, 2.05) is 23.6 Å². The monoisotopic (exact) mass is 576 g/mol. The summed E-state index contributed by atoms with van der Waals surface area (Å²) in [7, 11) is 0. The summed E-state index contributed by atoms with van der Waals surface area (Å²) in [6.07, 6.45) is 1.06. The first-order valence-corrected chi connectivity index (χ1v) is 15.4. The summed E-state index contributed by atoms with van der Waals surface area (Å²) in [5, 5.41) is 26.6. The number of thiazole rings is 1. The maximum atomic E-state index is 13.3. The molecule has 41 heavy (non-hydrogen) atoms. The first-order chi connectivity index (χ1) is 19.8. The second kappa shape index (κ2) is 13.2. The quantitative estimate of drug-likeness (QED) is 0.340. The van der Waals surface area contributed by atoms with Gasteiger partial charge in [0.15, 0.2) is 12.2 Å². The van der Waals surface area contributed by atoms with Crippen molar-refractivity contribution in [2.24, 2.45) is 0 Å². The topological polar surface area (TPSA) is 106 Å². The standard InChI is InChI=1S/C32H40N4O4S/c1-21-8-5-9-22(2)26(21)17-25-20-41-28(34-25)18-33-31(39)29(37)30(38)32(40)36-15-7-12-27(36)24-11-6-10-23(16-24)19-35-13-3-4-14-35/h5-6,8-11,16,20,27,29-30,37-38H,3-4,7,12-15,17-19H2,1-2H3,(H,33,39)/t27?,29-,30-/m1/s1. The molecule has 3 aromatic rings. The van der Waals surface area contributed by atoms with E-state index in [1.54, 1.807) is 4.90 Å². The van der Waals surface area contributed by atoms with Crippen molar-refractivity contribution in [3.63, 3.8) is 0 Å². The van der Waals surface area contributed by atoms with Crippen LogP contribution >= 0.6 is 11.3 Å². The summed E-state index contributed by atoms with van der Waals surface area (Å²) in [5.74, 6) is -1.41. The van der Waals surface area contributed by atoms with E-state index in [0.717, 1.165) is 43.7 Å². The fraction of sp³-hybridized carbons (Fsp3) is 0.469. The Hall–Kier alpha value is -3.11. The molecule has 9 heteroatoms. The van der Waals surface area contributed by atoms with Crippen molar-refractivity contribution in [3.05, 3.63) is 86.4 Å². The molecule has 2 amide bonds. The van der Waals surface area contributed by atoms with Crippen LogP contribution in [0.2, 0.25) is 0 Å². The van der Waals surface area contributed by atoms with Gasteiger partial charge < -0.3 is 20.4 Å². The van der Waals surface area contributed by atoms with E-state index >= 15 is 0 Å². The number of nitrogens with one attached hydrogen (secondary N) is 1. The predicted molar refractivity (Wildman–Crippen MR) is 159 cm³/mol. The summed E-state index contributed by atoms with van der Waals surface area (Å²) in [6, 6.07) is 14.3. The van der Waals surface area contributed by atoms with Crippen LogP contribution in [-0.4, -0.2) is 68.7 Å². The highest BCUT2D eigenvalue weighted by Gasteiger charge is 2.38. The van der Waals surface area contributed by atoms with Gasteiger partial charge in [0, 0.05) is 24.9 Å². The van der Waals surface area contributed by atoms with E-state index in [4.69, 9.17) is 0 Å². The van der Waals surface area contributed by atoms with Crippen molar-refractivity contribution in [2.45, 2.75) is 77.3 Å². The highest BCUT2D eigenvalue weighted by atomic mass is 32.1. The van der Waals surface area contributed by atoms with Crippen LogP contribution in [-0.2, 0) is 29.1 Å². The highest BCUT2D eigenvalue weighted by molar-refractivity contribution is 7.09. The van der Waals surface area contributed by atoms with Crippen LogP contribution in [0.25, 0.3) is 0 Å². The molecule has 2 fully saturated rings. The number of carbonyl (C=O) groups is 2. The number of carbonyl (C=O) groups excluding carboxylic acids is 2. The Morgan fingerprint density at radius 3 is 2.51 bits per heavy atom. The SMILES string of the molecule is Cc1cccc(C)c1Cc1csc(CNC(=O)[C@H](O)[C@@H](O)C(=O)N2CCCC2c2cccc(CN3CCCC3)c2)n1. The van der Waals surface area contributed by atoms with E-state index in [2.05, 4.69) is 53.3 Å². The molecule has 0 spiro atoms. The number of amides is 2. The molecule has 0 aliphatic carbocycles. The van der Waals surface area contributed by atoms with Crippen molar-refractivity contribution in [2.75, 3.05) is 19.6 Å². The van der Waals surface area contributed by atoms with Crippen LogP contribution in [0.1, 0.15) is 70.2 Å². The number of benzene rings is 2. The van der Waals surface area contributed by atoms with Crippen molar-refractivity contribution in [3.8, 4) is 0 Å². The van der Waals surface area contributed by atoms with Gasteiger partial charge in [-0.25, -0.2) is 4.98 Å². The summed E-state index contributed by atoms with van der Waals surface area (Å²) < 4.78 is 0. The molecule has 3 N–H and O–H groups in total. The second-order valence-electron chi connectivity index (χ2n) is 11.3. The van der Waals surface area contributed by atoms with Gasteiger partial charge in [-0.05, 0) is 80.4 Å². The lowest BCUT2D eigenvalue weighted by Gasteiger charge is -2.29. The first-order valence-electron chi connectivity index (χ1n) is 14.5. The summed E-state index contributed by atoms with van der Waals surface area (Å²) in [5.41, 5.74) is 6.82. The number of likely N-dealkylation sites (tertiary alicyclic amines) is 2. The Morgan fingerprint density at radius 1 is 1.02 bits per heavy atom. The zero-order valence-corrected chi connectivity index (χ0v) is 24.7. The Kier molecular flexibility index (Phi) is 9.49. The average Bonchev–Trinajstić information content (AvgIpc) is 3.75. The molecule has 2 aliphatic rings. The van der Waals surface area contributed by atoms with Gasteiger partial charge in [0.25, 0.3) is 11.8 Å². The van der Waals surface area contributed by atoms with Crippen LogP contribution in [0.15, 0.2) is 47.8 Å². The molecule has 2 aliphatic heterocycles. The van der Waals surface area contributed by atoms with E-state index in [1.165, 1.54) is 46.4 Å². The molecule has 2 saturated heterocycles. The molecule has 5 rings (SSSR count). The van der Waals surface area contributed by atoms with Gasteiger partial charge in [-0.3, -0.25) is 14.5 Å². The van der Waals surface area contributed by atoms with Gasteiger partial charge in [-0.2, -0.15) is 0 Å². The van der Waals surface area contributed by atoms with Gasteiger partial charge in [0.1, 0.15) is 5.01 Å². The number of aliphatic hydroxyl groups is 2. The molecule has 3 atom stereocenters. The molecule has 0 radical (unpaired) electrons. The molecular formula is C32H40N4O4S. The first kappa shape index (κ1) is 29.4. The summed E-state index contributed by atoms with van der Waals surface area (Å²) in [6.45, 7) is 7.88. The Morgan fingerprint density at radius 2 is 1.76 bits per heavy atom. The van der Waals surface area contributed by atoms with E-state index in [-0.39, 0.29) is 12.6 Å². The van der Waals surface area contributed by atoms with Crippen molar-refractivity contribution >= 4 is 23.2 Å². The lowest BCUT2D eigenvalue weighted by Crippen LogP contribution is -2.50. The number of hydrogen-bond donors (Lipinski definition) is 3. The van der Waals surface area contributed by atoms with Crippen molar-refractivity contribution in [1.29, 1.82) is 0 Å². The molecule has 0 saturated carbocycles. The average molecular weight is 577 g/mol. The minimum absolute atomic E-state index is 0.115. The smallest absolute Gasteiger partial charge is 0.255 e. The minimum atomic E-state index is -1.86. The van der Waals surface area contributed by atoms with E-state index in [0.29, 0.717) is 18.0 Å². The normalized spacial score (nSPS) is 18.9. The number of aromatic nitrogens is 1.